The molecule has 1 aliphatic carbocycles. The van der Waals surface area contributed by atoms with E-state index in [9.17, 15) is 4.79 Å². The minimum absolute atomic E-state index is 0.107. The molecule has 162 valence electrons. The zero-order valence-corrected chi connectivity index (χ0v) is 18.2. The van der Waals surface area contributed by atoms with Crippen molar-refractivity contribution in [3.8, 4) is 0 Å². The molecular weight excluding hydrogens is 400 g/mol. The highest BCUT2D eigenvalue weighted by Gasteiger charge is 2.32. The number of hydrogen-bond donors (Lipinski definition) is 0. The topological polar surface area (TPSA) is 66.6 Å². The quantitative estimate of drug-likeness (QED) is 0.498. The van der Waals surface area contributed by atoms with Gasteiger partial charge in [0.1, 0.15) is 5.82 Å². The third-order valence-electron chi connectivity index (χ3n) is 6.53. The van der Waals surface area contributed by atoms with Crippen molar-refractivity contribution in [3.63, 3.8) is 0 Å². The first-order chi connectivity index (χ1) is 15.7. The van der Waals surface area contributed by atoms with Crippen LogP contribution in [0.4, 0.5) is 5.95 Å². The van der Waals surface area contributed by atoms with Crippen LogP contribution in [-0.4, -0.2) is 56.6 Å². The number of aryl methyl sites for hydroxylation is 1. The molecule has 2 fully saturated rings. The average molecular weight is 427 g/mol. The Morgan fingerprint density at radius 2 is 1.84 bits per heavy atom. The maximum absolute atomic E-state index is 13.1. The summed E-state index contributed by atoms with van der Waals surface area (Å²) in [6, 6.07) is 16.0. The highest BCUT2D eigenvalue weighted by atomic mass is 16.2. The standard InChI is InChI=1S/C25H26N6O/c1-17-6-4-7-19(16-17)24(32)29-12-5-13-30(15-14-29)25-26-21-9-3-2-8-20(21)23-28-27-22(31(23)25)18-10-11-18/h2-4,6-9,16,18H,5,10-15H2,1H3. The molecule has 3 heterocycles. The van der Waals surface area contributed by atoms with E-state index in [2.05, 4.69) is 25.6 Å². The molecule has 2 aromatic carbocycles. The summed E-state index contributed by atoms with van der Waals surface area (Å²) in [6.07, 6.45) is 3.21. The first-order valence-corrected chi connectivity index (χ1v) is 11.4. The molecular formula is C25H26N6O. The van der Waals surface area contributed by atoms with Crippen molar-refractivity contribution < 1.29 is 4.79 Å². The van der Waals surface area contributed by atoms with Gasteiger partial charge >= 0.3 is 0 Å². The molecule has 0 radical (unpaired) electrons. The van der Waals surface area contributed by atoms with Crippen LogP contribution in [0, 0.1) is 6.92 Å². The van der Waals surface area contributed by atoms with Crippen molar-refractivity contribution in [2.75, 3.05) is 31.1 Å². The minimum Gasteiger partial charge on any atom is -0.340 e. The van der Waals surface area contributed by atoms with Gasteiger partial charge in [0.05, 0.1) is 5.52 Å². The lowest BCUT2D eigenvalue weighted by Crippen LogP contribution is -2.36. The Balaban J connectivity index is 1.35. The molecule has 0 N–H and O–H groups in total. The Kier molecular flexibility index (Phi) is 4.56. The van der Waals surface area contributed by atoms with Crippen LogP contribution in [0.2, 0.25) is 0 Å². The Bertz CT molecular complexity index is 1320. The van der Waals surface area contributed by atoms with Gasteiger partial charge in [-0.3, -0.25) is 4.79 Å². The number of para-hydroxylation sites is 1. The lowest BCUT2D eigenvalue weighted by atomic mass is 10.1. The van der Waals surface area contributed by atoms with Gasteiger partial charge in [-0.25, -0.2) is 9.38 Å². The fourth-order valence-corrected chi connectivity index (χ4v) is 4.69. The number of nitrogens with zero attached hydrogens (tertiary/aromatic N) is 6. The molecule has 6 rings (SSSR count). The summed E-state index contributed by atoms with van der Waals surface area (Å²) in [7, 11) is 0. The molecule has 0 atom stereocenters. The maximum atomic E-state index is 13.1. The Labute approximate surface area is 186 Å². The highest BCUT2D eigenvalue weighted by Crippen LogP contribution is 2.40. The van der Waals surface area contributed by atoms with Crippen molar-refractivity contribution >= 4 is 28.4 Å². The third-order valence-corrected chi connectivity index (χ3v) is 6.53. The predicted molar refractivity (Wildman–Crippen MR) is 124 cm³/mol. The Hall–Kier alpha value is -3.48. The van der Waals surface area contributed by atoms with Gasteiger partial charge < -0.3 is 9.80 Å². The number of carbonyl (C=O) groups is 1. The number of anilines is 1. The summed E-state index contributed by atoms with van der Waals surface area (Å²) in [4.78, 5) is 22.4. The fraction of sp³-hybridized carbons (Fsp3) is 0.360. The van der Waals surface area contributed by atoms with E-state index in [1.54, 1.807) is 0 Å². The highest BCUT2D eigenvalue weighted by molar-refractivity contribution is 5.94. The molecule has 1 saturated carbocycles. The molecule has 2 aliphatic rings. The molecule has 1 saturated heterocycles. The van der Waals surface area contributed by atoms with Crippen molar-refractivity contribution in [2.24, 2.45) is 0 Å². The maximum Gasteiger partial charge on any atom is 0.253 e. The second-order valence-corrected chi connectivity index (χ2v) is 8.92. The monoisotopic (exact) mass is 426 g/mol. The van der Waals surface area contributed by atoms with Crippen LogP contribution in [0.1, 0.15) is 46.9 Å². The Morgan fingerprint density at radius 3 is 2.69 bits per heavy atom. The normalized spacial score (nSPS) is 17.2. The largest absolute Gasteiger partial charge is 0.340 e. The van der Waals surface area contributed by atoms with Crippen molar-refractivity contribution in [1.82, 2.24) is 24.5 Å². The number of carbonyl (C=O) groups excluding carboxylic acids is 1. The predicted octanol–water partition coefficient (Wildman–Crippen LogP) is 3.82. The van der Waals surface area contributed by atoms with Gasteiger partial charge in [-0.15, -0.1) is 10.2 Å². The summed E-state index contributed by atoms with van der Waals surface area (Å²) in [5, 5.41) is 10.1. The zero-order valence-electron chi connectivity index (χ0n) is 18.2. The van der Waals surface area contributed by atoms with Gasteiger partial charge in [0.2, 0.25) is 5.95 Å². The van der Waals surface area contributed by atoms with Gasteiger partial charge in [-0.2, -0.15) is 0 Å². The lowest BCUT2D eigenvalue weighted by molar-refractivity contribution is 0.0767. The van der Waals surface area contributed by atoms with Crippen LogP contribution in [-0.2, 0) is 0 Å². The van der Waals surface area contributed by atoms with Crippen LogP contribution in [0.25, 0.3) is 16.6 Å². The molecule has 0 spiro atoms. The van der Waals surface area contributed by atoms with E-state index in [4.69, 9.17) is 4.98 Å². The second-order valence-electron chi connectivity index (χ2n) is 8.92. The van der Waals surface area contributed by atoms with E-state index < -0.39 is 0 Å². The van der Waals surface area contributed by atoms with Crippen LogP contribution in [0.5, 0.6) is 0 Å². The third kappa shape index (κ3) is 3.28. The second kappa shape index (κ2) is 7.58. The fourth-order valence-electron chi connectivity index (χ4n) is 4.69. The van der Waals surface area contributed by atoms with Gasteiger partial charge in [-0.05, 0) is 50.5 Å². The van der Waals surface area contributed by atoms with Gasteiger partial charge in [0.15, 0.2) is 5.65 Å². The van der Waals surface area contributed by atoms with Gasteiger partial charge in [0, 0.05) is 43.0 Å². The van der Waals surface area contributed by atoms with E-state index in [1.807, 2.05) is 54.3 Å². The minimum atomic E-state index is 0.107. The van der Waals surface area contributed by atoms with E-state index in [-0.39, 0.29) is 5.91 Å². The van der Waals surface area contributed by atoms with E-state index in [0.29, 0.717) is 12.5 Å². The SMILES string of the molecule is Cc1cccc(C(=O)N2CCCN(c3nc4ccccc4c4nnc(C5CC5)n34)CC2)c1. The summed E-state index contributed by atoms with van der Waals surface area (Å²) >= 11 is 0. The summed E-state index contributed by atoms with van der Waals surface area (Å²) in [5.41, 5.74) is 3.68. The van der Waals surface area contributed by atoms with Crippen molar-refractivity contribution in [3.05, 3.63) is 65.5 Å². The molecule has 32 heavy (non-hydrogen) atoms. The molecule has 1 aliphatic heterocycles. The van der Waals surface area contributed by atoms with Crippen LogP contribution >= 0.6 is 0 Å². The molecule has 7 nitrogen and oxygen atoms in total. The molecule has 1 amide bonds. The zero-order chi connectivity index (χ0) is 21.7. The summed E-state index contributed by atoms with van der Waals surface area (Å²) in [5.74, 6) is 2.49. The number of rotatable bonds is 3. The van der Waals surface area contributed by atoms with Gasteiger partial charge in [-0.1, -0.05) is 29.8 Å². The first-order valence-electron chi connectivity index (χ1n) is 11.4. The van der Waals surface area contributed by atoms with Crippen LogP contribution in [0.3, 0.4) is 0 Å². The molecule has 7 heteroatoms. The lowest BCUT2D eigenvalue weighted by Gasteiger charge is -2.24. The summed E-state index contributed by atoms with van der Waals surface area (Å²) in [6.45, 7) is 5.02. The number of benzene rings is 2. The van der Waals surface area contributed by atoms with Crippen molar-refractivity contribution in [1.29, 1.82) is 0 Å². The molecule has 0 bridgehead atoms. The number of fused-ring (bicyclic) bond motifs is 3. The van der Waals surface area contributed by atoms with E-state index in [0.717, 1.165) is 78.3 Å². The average Bonchev–Trinajstić information content (AvgIpc) is 3.61. The first kappa shape index (κ1) is 19.2. The summed E-state index contributed by atoms with van der Waals surface area (Å²) < 4.78 is 2.16. The Morgan fingerprint density at radius 1 is 0.969 bits per heavy atom. The number of hydrogen-bond acceptors (Lipinski definition) is 5. The van der Waals surface area contributed by atoms with E-state index >= 15 is 0 Å². The molecule has 0 unspecified atom stereocenters. The van der Waals surface area contributed by atoms with Gasteiger partial charge in [0.25, 0.3) is 5.91 Å². The molecule has 2 aromatic heterocycles. The van der Waals surface area contributed by atoms with Crippen LogP contribution in [0.15, 0.2) is 48.5 Å². The van der Waals surface area contributed by atoms with Crippen LogP contribution < -0.4 is 4.90 Å². The van der Waals surface area contributed by atoms with Crippen molar-refractivity contribution in [2.45, 2.75) is 32.1 Å². The van der Waals surface area contributed by atoms with E-state index in [1.165, 1.54) is 0 Å². The smallest absolute Gasteiger partial charge is 0.253 e. The number of amides is 1. The molecule has 4 aromatic rings. The number of aromatic nitrogens is 4.